The zero-order valence-corrected chi connectivity index (χ0v) is 17.5. The van der Waals surface area contributed by atoms with Crippen LogP contribution < -0.4 is 21.4 Å². The normalized spacial score (nSPS) is 12.7. The van der Waals surface area contributed by atoms with Crippen LogP contribution in [-0.2, 0) is 4.79 Å². The number of hydrogen-bond donors (Lipinski definition) is 5. The lowest BCUT2D eigenvalue weighted by Gasteiger charge is -2.36. The maximum Gasteiger partial charge on any atom is 0.315 e. The third kappa shape index (κ3) is 6.56. The van der Waals surface area contributed by atoms with Crippen molar-refractivity contribution in [2.45, 2.75) is 24.9 Å². The summed E-state index contributed by atoms with van der Waals surface area (Å²) in [4.78, 5) is 36.3. The fourth-order valence-electron chi connectivity index (χ4n) is 2.57. The third-order valence-corrected chi connectivity index (χ3v) is 4.46. The molecule has 33 heavy (non-hydrogen) atoms. The second kappa shape index (κ2) is 11.3. The number of carbonyl (C=O) groups excluding carboxylic acids is 3. The largest absolute Gasteiger partial charge is 0.471 e. The highest BCUT2D eigenvalue weighted by Crippen LogP contribution is 2.21. The van der Waals surface area contributed by atoms with Crippen LogP contribution in [0, 0.1) is 23.7 Å². The molecular formula is C22H20F2N4O5. The quantitative estimate of drug-likeness (QED) is 0.252. The van der Waals surface area contributed by atoms with Gasteiger partial charge in [-0.05, 0) is 55.0 Å². The highest BCUT2D eigenvalue weighted by atomic mass is 19.3. The summed E-state index contributed by atoms with van der Waals surface area (Å²) in [6, 6.07) is 4.38. The topological polar surface area (TPSA) is 133 Å². The SMILES string of the molecule is CNC(=O)NC(C)(C(F)F)[C@H](NC(=O)c1ccc(C#CC#Cc2ccoc2)cc1)C(=O)NO. The van der Waals surface area contributed by atoms with Crippen molar-refractivity contribution in [1.29, 1.82) is 0 Å². The first-order chi connectivity index (χ1) is 15.7. The van der Waals surface area contributed by atoms with Crippen molar-refractivity contribution in [3.05, 3.63) is 59.5 Å². The van der Waals surface area contributed by atoms with Crippen molar-refractivity contribution < 1.29 is 32.8 Å². The first kappa shape index (κ1) is 24.9. The minimum Gasteiger partial charge on any atom is -0.471 e. The van der Waals surface area contributed by atoms with Crippen molar-refractivity contribution >= 4 is 17.8 Å². The summed E-state index contributed by atoms with van der Waals surface area (Å²) in [7, 11) is 1.19. The van der Waals surface area contributed by atoms with Gasteiger partial charge in [0.15, 0.2) is 0 Å². The summed E-state index contributed by atoms with van der Waals surface area (Å²) in [5.74, 6) is 8.57. The smallest absolute Gasteiger partial charge is 0.315 e. The van der Waals surface area contributed by atoms with Gasteiger partial charge in [0.05, 0.1) is 11.8 Å². The van der Waals surface area contributed by atoms with E-state index in [0.717, 1.165) is 6.92 Å². The van der Waals surface area contributed by atoms with Gasteiger partial charge in [-0.1, -0.05) is 5.92 Å². The van der Waals surface area contributed by atoms with Crippen molar-refractivity contribution in [2.75, 3.05) is 7.05 Å². The van der Waals surface area contributed by atoms with Crippen LogP contribution in [-0.4, -0.2) is 48.1 Å². The molecule has 0 bridgehead atoms. The molecule has 4 amide bonds. The second-order valence-electron chi connectivity index (χ2n) is 6.76. The predicted octanol–water partition coefficient (Wildman–Crippen LogP) is 1.24. The minimum absolute atomic E-state index is 0.0253. The molecule has 2 atom stereocenters. The Morgan fingerprint density at radius 3 is 2.21 bits per heavy atom. The van der Waals surface area contributed by atoms with Gasteiger partial charge < -0.3 is 20.4 Å². The van der Waals surface area contributed by atoms with Crippen molar-refractivity contribution in [3.63, 3.8) is 0 Å². The molecule has 0 spiro atoms. The van der Waals surface area contributed by atoms with Gasteiger partial charge in [0, 0.05) is 18.2 Å². The van der Waals surface area contributed by atoms with Gasteiger partial charge in [0.1, 0.15) is 17.8 Å². The van der Waals surface area contributed by atoms with Crippen LogP contribution >= 0.6 is 0 Å². The second-order valence-corrected chi connectivity index (χ2v) is 6.76. The summed E-state index contributed by atoms with van der Waals surface area (Å²) in [5.41, 5.74) is -0.0982. The molecule has 1 unspecified atom stereocenters. The van der Waals surface area contributed by atoms with E-state index in [1.165, 1.54) is 49.3 Å². The number of nitrogens with one attached hydrogen (secondary N) is 4. The Balaban J connectivity index is 2.19. The van der Waals surface area contributed by atoms with Crippen LogP contribution in [0.5, 0.6) is 0 Å². The van der Waals surface area contributed by atoms with E-state index in [1.54, 1.807) is 6.07 Å². The van der Waals surface area contributed by atoms with Crippen LogP contribution in [0.25, 0.3) is 0 Å². The van der Waals surface area contributed by atoms with E-state index < -0.39 is 35.9 Å². The molecule has 0 saturated carbocycles. The Hall–Kier alpha value is -4.35. The number of halogens is 2. The molecule has 0 radical (unpaired) electrons. The lowest BCUT2D eigenvalue weighted by Crippen LogP contribution is -2.69. The number of hydrogen-bond acceptors (Lipinski definition) is 5. The summed E-state index contributed by atoms with van der Waals surface area (Å²) < 4.78 is 32.4. The number of furan rings is 1. The molecule has 1 aromatic heterocycles. The molecule has 2 rings (SSSR count). The molecule has 1 aromatic carbocycles. The van der Waals surface area contributed by atoms with Crippen molar-refractivity contribution in [3.8, 4) is 23.7 Å². The average Bonchev–Trinajstić information content (AvgIpc) is 3.33. The monoisotopic (exact) mass is 458 g/mol. The Morgan fingerprint density at radius 2 is 1.70 bits per heavy atom. The first-order valence-electron chi connectivity index (χ1n) is 9.38. The highest BCUT2D eigenvalue weighted by Gasteiger charge is 2.48. The Kier molecular flexibility index (Phi) is 8.55. The highest BCUT2D eigenvalue weighted by molar-refractivity contribution is 5.98. The molecule has 0 aliphatic heterocycles. The van der Waals surface area contributed by atoms with Crippen LogP contribution in [0.4, 0.5) is 13.6 Å². The number of alkyl halides is 2. The van der Waals surface area contributed by atoms with Gasteiger partial charge in [0.25, 0.3) is 18.2 Å². The molecule has 11 heteroatoms. The van der Waals surface area contributed by atoms with Crippen molar-refractivity contribution in [1.82, 2.24) is 21.4 Å². The van der Waals surface area contributed by atoms with E-state index in [0.29, 0.717) is 11.1 Å². The summed E-state index contributed by atoms with van der Waals surface area (Å²) >= 11 is 0. The van der Waals surface area contributed by atoms with Crippen LogP contribution in [0.15, 0.2) is 47.3 Å². The van der Waals surface area contributed by atoms with Gasteiger partial charge in [-0.2, -0.15) is 0 Å². The van der Waals surface area contributed by atoms with Gasteiger partial charge in [0.2, 0.25) is 0 Å². The molecule has 172 valence electrons. The van der Waals surface area contributed by atoms with E-state index in [9.17, 15) is 23.2 Å². The molecule has 9 nitrogen and oxygen atoms in total. The molecule has 0 aliphatic rings. The van der Waals surface area contributed by atoms with E-state index >= 15 is 0 Å². The first-order valence-corrected chi connectivity index (χ1v) is 9.38. The fourth-order valence-corrected chi connectivity index (χ4v) is 2.57. The third-order valence-electron chi connectivity index (χ3n) is 4.46. The molecular weight excluding hydrogens is 438 g/mol. The van der Waals surface area contributed by atoms with E-state index in [1.807, 2.05) is 5.32 Å². The standard InChI is InChI=1S/C22H20F2N4O5/c1-22(20(23)24,27-21(31)25-2)17(19(30)28-32)26-18(29)16-9-7-14(8-10-16)5-3-4-6-15-11-12-33-13-15/h7-13,17,20,32H,1-2H3,(H,26,29)(H,28,30)(H2,25,27,31)/t17-,22?/m1/s1. The zero-order chi connectivity index (χ0) is 24.4. The number of amides is 4. The molecule has 0 saturated heterocycles. The van der Waals surface area contributed by atoms with Crippen LogP contribution in [0.3, 0.4) is 0 Å². The number of hydroxylamine groups is 1. The Morgan fingerprint density at radius 1 is 1.06 bits per heavy atom. The van der Waals surface area contributed by atoms with E-state index in [-0.39, 0.29) is 5.56 Å². The molecule has 5 N–H and O–H groups in total. The molecule has 1 heterocycles. The van der Waals surface area contributed by atoms with Gasteiger partial charge in [-0.15, -0.1) is 0 Å². The Bertz CT molecular complexity index is 1110. The molecule has 0 aliphatic carbocycles. The number of benzene rings is 1. The average molecular weight is 458 g/mol. The van der Waals surface area contributed by atoms with E-state index in [4.69, 9.17) is 9.62 Å². The summed E-state index contributed by atoms with van der Waals surface area (Å²) in [6.45, 7) is 0.857. The van der Waals surface area contributed by atoms with Gasteiger partial charge in [-0.25, -0.2) is 19.1 Å². The van der Waals surface area contributed by atoms with Crippen LogP contribution in [0.1, 0.15) is 28.4 Å². The maximum atomic E-state index is 13.8. The maximum absolute atomic E-state index is 13.8. The zero-order valence-electron chi connectivity index (χ0n) is 17.5. The summed E-state index contributed by atoms with van der Waals surface area (Å²) in [5, 5.41) is 15.1. The molecule has 2 aromatic rings. The van der Waals surface area contributed by atoms with Gasteiger partial charge in [-0.3, -0.25) is 14.8 Å². The summed E-state index contributed by atoms with van der Waals surface area (Å²) in [6.07, 6.45) is -0.331. The van der Waals surface area contributed by atoms with Crippen molar-refractivity contribution in [2.24, 2.45) is 0 Å². The van der Waals surface area contributed by atoms with Gasteiger partial charge >= 0.3 is 6.03 Å². The van der Waals surface area contributed by atoms with E-state index in [2.05, 4.69) is 34.3 Å². The minimum atomic E-state index is -3.28. The number of urea groups is 1. The lowest BCUT2D eigenvalue weighted by atomic mass is 9.91. The lowest BCUT2D eigenvalue weighted by molar-refractivity contribution is -0.135. The number of rotatable bonds is 6. The number of carbonyl (C=O) groups is 3. The molecule has 0 fully saturated rings. The predicted molar refractivity (Wildman–Crippen MR) is 112 cm³/mol. The fraction of sp³-hybridized carbons (Fsp3) is 0.227. The van der Waals surface area contributed by atoms with Crippen LogP contribution in [0.2, 0.25) is 0 Å². The Labute approximate surface area is 187 Å².